The third-order valence-electron chi connectivity index (χ3n) is 2.00. The minimum atomic E-state index is -0.175. The molecule has 0 heterocycles. The van der Waals surface area contributed by atoms with Crippen molar-refractivity contribution in [1.29, 1.82) is 0 Å². The first-order valence-corrected chi connectivity index (χ1v) is 8.08. The van der Waals surface area contributed by atoms with Gasteiger partial charge in [-0.3, -0.25) is 0 Å². The second kappa shape index (κ2) is 7.70. The van der Waals surface area contributed by atoms with Crippen LogP contribution >= 0.6 is 59.4 Å². The van der Waals surface area contributed by atoms with Crippen LogP contribution in [-0.2, 0) is 0 Å². The molecule has 0 aromatic heterocycles. The van der Waals surface area contributed by atoms with E-state index in [4.69, 9.17) is 11.6 Å². The van der Waals surface area contributed by atoms with E-state index in [1.165, 1.54) is 5.57 Å². The lowest BCUT2D eigenvalue weighted by atomic mass is 10.0. The number of hydrogen-bond acceptors (Lipinski definition) is 0. The summed E-state index contributed by atoms with van der Waals surface area (Å²) < 4.78 is 0. The minimum absolute atomic E-state index is 0.175. The monoisotopic (exact) mass is 408 g/mol. The van der Waals surface area contributed by atoms with Gasteiger partial charge in [0.05, 0.1) is 4.87 Å². The Morgan fingerprint density at radius 2 is 2.00 bits per heavy atom. The molecule has 1 atom stereocenters. The Morgan fingerprint density at radius 1 is 1.43 bits per heavy atom. The number of hydrogen-bond donors (Lipinski definition) is 0. The lowest BCUT2D eigenvalue weighted by molar-refractivity contribution is 0.616. The second-order valence-corrected chi connectivity index (χ2v) is 7.01. The van der Waals surface area contributed by atoms with E-state index in [1.807, 2.05) is 13.8 Å². The summed E-state index contributed by atoms with van der Waals surface area (Å²) in [4.78, 5) is 0.181. The van der Waals surface area contributed by atoms with E-state index in [-0.39, 0.29) is 4.87 Å². The van der Waals surface area contributed by atoms with Crippen molar-refractivity contribution in [1.82, 2.24) is 0 Å². The first-order chi connectivity index (χ1) is 6.41. The van der Waals surface area contributed by atoms with Crippen molar-refractivity contribution in [3.63, 3.8) is 0 Å². The topological polar surface area (TPSA) is 0 Å². The maximum absolute atomic E-state index is 6.20. The van der Waals surface area contributed by atoms with E-state index in [0.29, 0.717) is 4.83 Å². The summed E-state index contributed by atoms with van der Waals surface area (Å²) in [5.74, 6) is 0. The van der Waals surface area contributed by atoms with Crippen molar-refractivity contribution in [2.75, 3.05) is 10.7 Å². The molecule has 0 spiro atoms. The van der Waals surface area contributed by atoms with E-state index in [2.05, 4.69) is 53.9 Å². The Morgan fingerprint density at radius 3 is 2.36 bits per heavy atom. The Labute approximate surface area is 117 Å². The van der Waals surface area contributed by atoms with Crippen LogP contribution in [0.2, 0.25) is 0 Å². The lowest BCUT2D eigenvalue weighted by Crippen LogP contribution is -2.24. The predicted octanol–water partition coefficient (Wildman–Crippen LogP) is 5.26. The van der Waals surface area contributed by atoms with Crippen molar-refractivity contribution >= 4 is 59.4 Å². The molecule has 0 rings (SSSR count). The maximum Gasteiger partial charge on any atom is 0.0515 e. The molecule has 0 bridgehead atoms. The Hall–Kier alpha value is 1.47. The Bertz CT molecular complexity index is 184. The van der Waals surface area contributed by atoms with Gasteiger partial charge in [-0.2, -0.15) is 0 Å². The number of rotatable bonds is 6. The van der Waals surface area contributed by atoms with Gasteiger partial charge in [0.25, 0.3) is 0 Å². The first kappa shape index (κ1) is 15.5. The summed E-state index contributed by atoms with van der Waals surface area (Å²) in [6.45, 7) is 4.08. The average molecular weight is 411 g/mol. The highest BCUT2D eigenvalue weighted by molar-refractivity contribution is 9.09. The summed E-state index contributed by atoms with van der Waals surface area (Å²) in [6.07, 6.45) is 4.36. The highest BCUT2D eigenvalue weighted by Crippen LogP contribution is 2.29. The smallest absolute Gasteiger partial charge is 0.0515 e. The predicted molar refractivity (Wildman–Crippen MR) is 77.6 cm³/mol. The lowest BCUT2D eigenvalue weighted by Gasteiger charge is -2.23. The van der Waals surface area contributed by atoms with Crippen LogP contribution in [0.3, 0.4) is 0 Å². The molecule has 0 saturated heterocycles. The molecule has 0 radical (unpaired) electrons. The molecule has 0 amide bonds. The third kappa shape index (κ3) is 6.86. The van der Waals surface area contributed by atoms with Gasteiger partial charge in [0.15, 0.2) is 0 Å². The van der Waals surface area contributed by atoms with Gasteiger partial charge in [-0.25, -0.2) is 0 Å². The van der Waals surface area contributed by atoms with Gasteiger partial charge in [-0.15, -0.1) is 11.6 Å². The van der Waals surface area contributed by atoms with E-state index >= 15 is 0 Å². The summed E-state index contributed by atoms with van der Waals surface area (Å²) >= 11 is 16.7. The van der Waals surface area contributed by atoms with Crippen molar-refractivity contribution in [3.8, 4) is 0 Å². The number of alkyl halides is 4. The van der Waals surface area contributed by atoms with E-state index in [1.54, 1.807) is 0 Å². The quantitative estimate of drug-likeness (QED) is 0.413. The molecule has 0 aliphatic heterocycles. The molecule has 0 unspecified atom stereocenters. The van der Waals surface area contributed by atoms with Crippen LogP contribution in [0.25, 0.3) is 0 Å². The van der Waals surface area contributed by atoms with Crippen molar-refractivity contribution in [2.45, 2.75) is 36.4 Å². The molecule has 0 aromatic rings. The van der Waals surface area contributed by atoms with Crippen molar-refractivity contribution < 1.29 is 0 Å². The minimum Gasteiger partial charge on any atom is -0.119 e. The molecule has 4 heteroatoms. The fraction of sp³-hybridized carbons (Fsp3) is 0.800. The summed E-state index contributed by atoms with van der Waals surface area (Å²) in [7, 11) is 0. The Balaban J connectivity index is 3.98. The van der Waals surface area contributed by atoms with Gasteiger partial charge in [-0.05, 0) is 26.7 Å². The van der Waals surface area contributed by atoms with Crippen LogP contribution in [0.1, 0.15) is 26.7 Å². The van der Waals surface area contributed by atoms with Gasteiger partial charge >= 0.3 is 0 Å². The molecule has 0 aliphatic rings. The molecule has 0 N–H and O–H groups in total. The summed E-state index contributed by atoms with van der Waals surface area (Å²) in [5, 5.41) is 1.87. The van der Waals surface area contributed by atoms with E-state index < -0.39 is 0 Å². The zero-order valence-corrected chi connectivity index (χ0v) is 14.0. The first-order valence-electron chi connectivity index (χ1n) is 4.54. The zero-order chi connectivity index (χ0) is 11.2. The summed E-state index contributed by atoms with van der Waals surface area (Å²) in [5.41, 5.74) is 1.42. The second-order valence-electron chi connectivity index (χ2n) is 3.72. The zero-order valence-electron chi connectivity index (χ0n) is 8.49. The van der Waals surface area contributed by atoms with E-state index in [9.17, 15) is 0 Å². The van der Waals surface area contributed by atoms with Crippen LogP contribution in [0.15, 0.2) is 11.6 Å². The van der Waals surface area contributed by atoms with Crippen LogP contribution in [0.4, 0.5) is 0 Å². The van der Waals surface area contributed by atoms with Gasteiger partial charge in [0.2, 0.25) is 0 Å². The molecular weight excluding hydrogens is 395 g/mol. The number of allylic oxidation sites excluding steroid dienone is 2. The van der Waals surface area contributed by atoms with Gasteiger partial charge in [0.1, 0.15) is 0 Å². The highest BCUT2D eigenvalue weighted by atomic mass is 79.9. The fourth-order valence-electron chi connectivity index (χ4n) is 0.988. The molecule has 14 heavy (non-hydrogen) atoms. The Kier molecular flexibility index (Phi) is 8.50. The molecule has 0 saturated carbocycles. The van der Waals surface area contributed by atoms with Crippen LogP contribution in [0.5, 0.6) is 0 Å². The maximum atomic E-state index is 6.20. The average Bonchev–Trinajstić information content (AvgIpc) is 2.10. The molecule has 0 aliphatic carbocycles. The number of halogens is 4. The third-order valence-corrected chi connectivity index (χ3v) is 5.17. The normalized spacial score (nSPS) is 15.7. The van der Waals surface area contributed by atoms with Crippen LogP contribution in [0, 0.1) is 0 Å². The fourth-order valence-corrected chi connectivity index (χ4v) is 2.29. The van der Waals surface area contributed by atoms with Gasteiger partial charge in [0, 0.05) is 15.5 Å². The molecular formula is C10H16Br3Cl. The molecule has 84 valence electrons. The van der Waals surface area contributed by atoms with Crippen molar-refractivity contribution in [3.05, 3.63) is 11.6 Å². The van der Waals surface area contributed by atoms with Gasteiger partial charge in [-0.1, -0.05) is 59.4 Å². The van der Waals surface area contributed by atoms with E-state index in [0.717, 1.165) is 23.5 Å². The molecule has 0 aromatic carbocycles. The van der Waals surface area contributed by atoms with Gasteiger partial charge < -0.3 is 0 Å². The standard InChI is InChI=1S/C10H16Br3Cl/c1-10(2,14)9(13)4-3-8(7-12)5-6-11/h5,9H,3-4,6-7H2,1-2H3/b8-5+/t9-/m1/s1. The highest BCUT2D eigenvalue weighted by Gasteiger charge is 2.23. The van der Waals surface area contributed by atoms with Crippen molar-refractivity contribution in [2.24, 2.45) is 0 Å². The largest absolute Gasteiger partial charge is 0.119 e. The summed E-state index contributed by atoms with van der Waals surface area (Å²) in [6, 6.07) is 0. The molecule has 0 nitrogen and oxygen atoms in total. The van der Waals surface area contributed by atoms with Crippen LogP contribution < -0.4 is 0 Å². The SMILES string of the molecule is CC(C)(Cl)[C@H](Br)CC/C(=C\CBr)CBr. The van der Waals surface area contributed by atoms with Crippen LogP contribution in [-0.4, -0.2) is 20.4 Å². The molecule has 0 fully saturated rings.